The molecule has 1 amide bonds. The van der Waals surface area contributed by atoms with Crippen LogP contribution < -0.4 is 10.2 Å². The summed E-state index contributed by atoms with van der Waals surface area (Å²) in [7, 11) is 1.50. The van der Waals surface area contributed by atoms with Crippen LogP contribution in [0.15, 0.2) is 12.1 Å². The normalized spacial score (nSPS) is 14.9. The number of nitrogens with zero attached hydrogens (tertiary/aromatic N) is 2. The Morgan fingerprint density at radius 3 is 2.78 bits per heavy atom. The van der Waals surface area contributed by atoms with Gasteiger partial charge in [0.15, 0.2) is 0 Å². The molecule has 0 atom stereocenters. The Balaban J connectivity index is 2.07. The van der Waals surface area contributed by atoms with E-state index in [1.807, 2.05) is 19.1 Å². The van der Waals surface area contributed by atoms with Crippen LogP contribution in [-0.4, -0.2) is 37.7 Å². The Kier molecular flexibility index (Phi) is 4.15. The first-order chi connectivity index (χ1) is 8.70. The van der Waals surface area contributed by atoms with Crippen LogP contribution in [0.4, 0.5) is 11.5 Å². The first-order valence-electron chi connectivity index (χ1n) is 6.22. The van der Waals surface area contributed by atoms with Gasteiger partial charge in [-0.3, -0.25) is 4.79 Å². The van der Waals surface area contributed by atoms with Crippen molar-refractivity contribution < 1.29 is 9.53 Å². The molecule has 1 aliphatic rings. The number of aromatic nitrogens is 1. The Hall–Kier alpha value is -1.62. The molecule has 5 nitrogen and oxygen atoms in total. The van der Waals surface area contributed by atoms with Crippen molar-refractivity contribution in [2.24, 2.45) is 0 Å². The summed E-state index contributed by atoms with van der Waals surface area (Å²) in [5.41, 5.74) is 1.59. The van der Waals surface area contributed by atoms with E-state index in [1.165, 1.54) is 20.0 Å². The maximum atomic E-state index is 11.4. The lowest BCUT2D eigenvalue weighted by Gasteiger charge is -2.18. The molecule has 1 fully saturated rings. The van der Waals surface area contributed by atoms with Gasteiger partial charge in [0, 0.05) is 20.2 Å². The average molecular weight is 249 g/mol. The zero-order chi connectivity index (χ0) is 13.0. The summed E-state index contributed by atoms with van der Waals surface area (Å²) >= 11 is 0. The molecule has 1 saturated heterocycles. The van der Waals surface area contributed by atoms with Crippen LogP contribution in [0, 0.1) is 6.92 Å². The van der Waals surface area contributed by atoms with Gasteiger partial charge in [0.1, 0.15) is 12.4 Å². The summed E-state index contributed by atoms with van der Waals surface area (Å²) in [5, 5.41) is 2.78. The molecule has 2 heterocycles. The minimum atomic E-state index is -0.156. The van der Waals surface area contributed by atoms with Crippen molar-refractivity contribution in [2.75, 3.05) is 37.0 Å². The van der Waals surface area contributed by atoms with Gasteiger partial charge in [-0.2, -0.15) is 0 Å². The third kappa shape index (κ3) is 2.98. The molecule has 18 heavy (non-hydrogen) atoms. The van der Waals surface area contributed by atoms with Gasteiger partial charge in [-0.25, -0.2) is 4.98 Å². The Morgan fingerprint density at radius 2 is 2.17 bits per heavy atom. The van der Waals surface area contributed by atoms with Gasteiger partial charge < -0.3 is 15.0 Å². The van der Waals surface area contributed by atoms with Crippen molar-refractivity contribution in [1.82, 2.24) is 4.98 Å². The molecule has 0 radical (unpaired) electrons. The summed E-state index contributed by atoms with van der Waals surface area (Å²) in [6.07, 6.45) is 2.46. The van der Waals surface area contributed by atoms with E-state index in [-0.39, 0.29) is 12.5 Å². The molecule has 2 rings (SSSR count). The number of methoxy groups -OCH3 is 1. The third-order valence-electron chi connectivity index (χ3n) is 3.05. The van der Waals surface area contributed by atoms with E-state index in [9.17, 15) is 4.79 Å². The van der Waals surface area contributed by atoms with Gasteiger partial charge in [0.25, 0.3) is 0 Å². The fourth-order valence-corrected chi connectivity index (χ4v) is 2.12. The first kappa shape index (κ1) is 12.8. The van der Waals surface area contributed by atoms with E-state index in [4.69, 9.17) is 4.74 Å². The molecule has 0 spiro atoms. The van der Waals surface area contributed by atoms with Crippen molar-refractivity contribution >= 4 is 17.4 Å². The number of aryl methyl sites for hydroxylation is 1. The van der Waals surface area contributed by atoms with E-state index in [2.05, 4.69) is 15.2 Å². The van der Waals surface area contributed by atoms with Crippen LogP contribution in [-0.2, 0) is 9.53 Å². The zero-order valence-electron chi connectivity index (χ0n) is 10.9. The number of amides is 1. The molecule has 1 aromatic rings. The predicted molar refractivity (Wildman–Crippen MR) is 70.9 cm³/mol. The van der Waals surface area contributed by atoms with Crippen LogP contribution in [0.5, 0.6) is 0 Å². The lowest BCUT2D eigenvalue weighted by molar-refractivity contribution is -0.119. The van der Waals surface area contributed by atoms with Crippen molar-refractivity contribution in [1.29, 1.82) is 0 Å². The predicted octanol–water partition coefficient (Wildman–Crippen LogP) is 1.58. The van der Waals surface area contributed by atoms with Gasteiger partial charge in [0.05, 0.1) is 11.4 Å². The number of carbonyl (C=O) groups excluding carboxylic acids is 1. The minimum Gasteiger partial charge on any atom is -0.375 e. The quantitative estimate of drug-likeness (QED) is 0.880. The summed E-state index contributed by atoms with van der Waals surface area (Å²) in [6.45, 7) is 4.11. The highest BCUT2D eigenvalue weighted by atomic mass is 16.5. The molecule has 98 valence electrons. The summed E-state index contributed by atoms with van der Waals surface area (Å²) in [6, 6.07) is 3.87. The summed E-state index contributed by atoms with van der Waals surface area (Å²) in [5.74, 6) is 0.839. The molecule has 0 aromatic carbocycles. The maximum absolute atomic E-state index is 11.4. The molecule has 1 aromatic heterocycles. The fraction of sp³-hybridized carbons (Fsp3) is 0.538. The van der Waals surface area contributed by atoms with Gasteiger partial charge in [0.2, 0.25) is 5.91 Å². The Labute approximate surface area is 107 Å². The van der Waals surface area contributed by atoms with Crippen molar-refractivity contribution in [3.05, 3.63) is 17.8 Å². The first-order valence-corrected chi connectivity index (χ1v) is 6.22. The molecular weight excluding hydrogens is 230 g/mol. The highest BCUT2D eigenvalue weighted by Crippen LogP contribution is 2.21. The van der Waals surface area contributed by atoms with Gasteiger partial charge in [-0.15, -0.1) is 0 Å². The van der Waals surface area contributed by atoms with Crippen LogP contribution in [0.1, 0.15) is 18.5 Å². The molecular formula is C13H19N3O2. The molecule has 0 unspecified atom stereocenters. The second-order valence-electron chi connectivity index (χ2n) is 4.48. The van der Waals surface area contributed by atoms with E-state index >= 15 is 0 Å². The second-order valence-corrected chi connectivity index (χ2v) is 4.48. The number of hydrogen-bond donors (Lipinski definition) is 1. The number of nitrogens with one attached hydrogen (secondary N) is 1. The molecule has 1 N–H and O–H groups in total. The van der Waals surface area contributed by atoms with Crippen LogP contribution in [0.25, 0.3) is 0 Å². The van der Waals surface area contributed by atoms with E-state index in [0.29, 0.717) is 0 Å². The number of ether oxygens (including phenoxy) is 1. The van der Waals surface area contributed by atoms with Gasteiger partial charge >= 0.3 is 0 Å². The Morgan fingerprint density at radius 1 is 1.44 bits per heavy atom. The van der Waals surface area contributed by atoms with E-state index in [1.54, 1.807) is 0 Å². The standard InChI is InChI=1S/C13H19N3O2/c1-10-11(15-13(17)9-18-2)5-6-12(14-10)16-7-3-4-8-16/h5-6H,3-4,7-9H2,1-2H3,(H,15,17). The van der Waals surface area contributed by atoms with Crippen LogP contribution in [0.2, 0.25) is 0 Å². The summed E-state index contributed by atoms with van der Waals surface area (Å²) in [4.78, 5) is 18.2. The van der Waals surface area contributed by atoms with Crippen LogP contribution >= 0.6 is 0 Å². The fourth-order valence-electron chi connectivity index (χ4n) is 2.12. The molecule has 1 aliphatic heterocycles. The van der Waals surface area contributed by atoms with Crippen LogP contribution in [0.3, 0.4) is 0 Å². The molecule has 5 heteroatoms. The van der Waals surface area contributed by atoms with Crippen molar-refractivity contribution in [3.63, 3.8) is 0 Å². The number of hydrogen-bond acceptors (Lipinski definition) is 4. The largest absolute Gasteiger partial charge is 0.375 e. The lowest BCUT2D eigenvalue weighted by Crippen LogP contribution is -2.21. The highest BCUT2D eigenvalue weighted by Gasteiger charge is 2.14. The second kappa shape index (κ2) is 5.82. The topological polar surface area (TPSA) is 54.5 Å². The smallest absolute Gasteiger partial charge is 0.250 e. The number of carbonyl (C=O) groups is 1. The van der Waals surface area contributed by atoms with E-state index < -0.39 is 0 Å². The zero-order valence-corrected chi connectivity index (χ0v) is 10.9. The molecule has 0 saturated carbocycles. The monoisotopic (exact) mass is 249 g/mol. The molecule has 0 bridgehead atoms. The Bertz CT molecular complexity index is 428. The number of rotatable bonds is 4. The van der Waals surface area contributed by atoms with E-state index in [0.717, 1.165) is 30.3 Å². The van der Waals surface area contributed by atoms with Gasteiger partial charge in [-0.1, -0.05) is 0 Å². The summed E-state index contributed by atoms with van der Waals surface area (Å²) < 4.78 is 4.78. The van der Waals surface area contributed by atoms with Gasteiger partial charge in [-0.05, 0) is 31.9 Å². The lowest BCUT2D eigenvalue weighted by atomic mass is 10.3. The number of pyridine rings is 1. The molecule has 0 aliphatic carbocycles. The van der Waals surface area contributed by atoms with Crippen molar-refractivity contribution in [3.8, 4) is 0 Å². The third-order valence-corrected chi connectivity index (χ3v) is 3.05. The SMILES string of the molecule is COCC(=O)Nc1ccc(N2CCCC2)nc1C. The minimum absolute atomic E-state index is 0.0628. The maximum Gasteiger partial charge on any atom is 0.250 e. The average Bonchev–Trinajstić information content (AvgIpc) is 2.85. The highest BCUT2D eigenvalue weighted by molar-refractivity contribution is 5.92. The van der Waals surface area contributed by atoms with Crippen molar-refractivity contribution in [2.45, 2.75) is 19.8 Å². The number of anilines is 2.